The number of unbranched alkanes of at least 4 members (excludes halogenated alkanes) is 2. The number of aliphatic carboxylic acids is 1. The molecular weight excluding hydrogens is 223 g/mol. The number of rotatable bonds is 7. The molecule has 2 fully saturated rings. The Bertz CT molecular complexity index is 275. The van der Waals surface area contributed by atoms with Crippen LogP contribution in [0, 0.1) is 23.2 Å². The van der Waals surface area contributed by atoms with Gasteiger partial charge in [-0.1, -0.05) is 33.1 Å². The van der Waals surface area contributed by atoms with Crippen molar-refractivity contribution in [3.8, 4) is 0 Å². The molecule has 0 saturated heterocycles. The van der Waals surface area contributed by atoms with E-state index in [9.17, 15) is 9.90 Å². The van der Waals surface area contributed by atoms with Gasteiger partial charge >= 0.3 is 29.6 Å². The second-order valence-corrected chi connectivity index (χ2v) is 6.45. The summed E-state index contributed by atoms with van der Waals surface area (Å²) in [5.41, 5.74) is 0.622. The Morgan fingerprint density at radius 3 is 2.29 bits per heavy atom. The third-order valence-corrected chi connectivity index (χ3v) is 4.57. The molecule has 2 nitrogen and oxygen atoms in total. The first-order valence-corrected chi connectivity index (χ1v) is 6.71. The summed E-state index contributed by atoms with van der Waals surface area (Å²) in [5, 5.41) is 10.5. The van der Waals surface area contributed by atoms with Crippen molar-refractivity contribution in [2.24, 2.45) is 23.2 Å². The van der Waals surface area contributed by atoms with Crippen molar-refractivity contribution in [3.63, 3.8) is 0 Å². The summed E-state index contributed by atoms with van der Waals surface area (Å²) >= 11 is 0. The van der Waals surface area contributed by atoms with Crippen molar-refractivity contribution in [1.82, 2.24) is 0 Å². The van der Waals surface area contributed by atoms with Gasteiger partial charge in [0.1, 0.15) is 0 Å². The number of carbonyl (C=O) groups is 1. The van der Waals surface area contributed by atoms with Crippen molar-refractivity contribution in [2.45, 2.75) is 58.8 Å². The van der Waals surface area contributed by atoms with E-state index in [2.05, 4.69) is 13.8 Å². The normalized spacial score (nSPS) is 32.7. The zero-order chi connectivity index (χ0) is 11.8. The van der Waals surface area contributed by atoms with Gasteiger partial charge in [-0.05, 0) is 42.9 Å². The molecule has 0 amide bonds. The molecule has 0 aromatic rings. The van der Waals surface area contributed by atoms with E-state index in [0.29, 0.717) is 11.3 Å². The van der Waals surface area contributed by atoms with Crippen LogP contribution < -0.4 is 34.7 Å². The van der Waals surface area contributed by atoms with E-state index >= 15 is 0 Å². The topological polar surface area (TPSA) is 40.1 Å². The van der Waals surface area contributed by atoms with E-state index < -0.39 is 5.97 Å². The van der Waals surface area contributed by atoms with Crippen molar-refractivity contribution < 1.29 is 39.5 Å². The number of hydrogen-bond acceptors (Lipinski definition) is 2. The molecule has 0 bridgehead atoms. The third kappa shape index (κ3) is 4.57. The van der Waals surface area contributed by atoms with Crippen LogP contribution in [0.5, 0.6) is 0 Å². The van der Waals surface area contributed by atoms with Crippen LogP contribution in [0.3, 0.4) is 0 Å². The molecule has 92 valence electrons. The minimum absolute atomic E-state index is 0. The van der Waals surface area contributed by atoms with Crippen LogP contribution in [-0.4, -0.2) is 5.97 Å². The molecule has 0 heterocycles. The smallest absolute Gasteiger partial charge is 0.550 e. The second-order valence-electron chi connectivity index (χ2n) is 6.45. The van der Waals surface area contributed by atoms with Crippen LogP contribution in [0.1, 0.15) is 58.8 Å². The molecule has 0 radical (unpaired) electrons. The largest absolute Gasteiger partial charge is 1.00 e. The van der Waals surface area contributed by atoms with Gasteiger partial charge in [0.2, 0.25) is 0 Å². The molecule has 2 rings (SSSR count). The van der Waals surface area contributed by atoms with Crippen molar-refractivity contribution >= 4 is 5.97 Å². The molecule has 2 saturated carbocycles. The molecule has 3 heteroatoms. The molecule has 2 aliphatic rings. The summed E-state index contributed by atoms with van der Waals surface area (Å²) in [6.45, 7) is 4.71. The fraction of sp³-hybridized carbons (Fsp3) is 0.929. The first-order chi connectivity index (χ1) is 7.50. The Balaban J connectivity index is 0.00000144. The monoisotopic (exact) mass is 246 g/mol. The van der Waals surface area contributed by atoms with E-state index in [1.54, 1.807) is 0 Å². The van der Waals surface area contributed by atoms with E-state index in [0.717, 1.165) is 18.8 Å². The molecule has 0 aromatic carbocycles. The van der Waals surface area contributed by atoms with Gasteiger partial charge in [-0.2, -0.15) is 0 Å². The van der Waals surface area contributed by atoms with Crippen LogP contribution in [-0.2, 0) is 4.79 Å². The minimum atomic E-state index is -0.829. The maximum Gasteiger partial charge on any atom is 1.00 e. The SMILES string of the molecule is CC1(C)CC1CCCCCC1CC1C(=O)[O-].[Na+]. The molecule has 2 aliphatic carbocycles. The average Bonchev–Trinajstić information content (AvgIpc) is 3.04. The summed E-state index contributed by atoms with van der Waals surface area (Å²) in [6.07, 6.45) is 8.58. The summed E-state index contributed by atoms with van der Waals surface area (Å²) < 4.78 is 0. The van der Waals surface area contributed by atoms with Gasteiger partial charge in [-0.3, -0.25) is 0 Å². The molecule has 0 aliphatic heterocycles. The van der Waals surface area contributed by atoms with E-state index in [1.807, 2.05) is 0 Å². The Kier molecular flexibility index (Phi) is 5.55. The van der Waals surface area contributed by atoms with Crippen LogP contribution >= 0.6 is 0 Å². The summed E-state index contributed by atoms with van der Waals surface area (Å²) in [4.78, 5) is 10.5. The van der Waals surface area contributed by atoms with Crippen molar-refractivity contribution in [2.75, 3.05) is 0 Å². The fourth-order valence-corrected chi connectivity index (χ4v) is 2.90. The molecule has 0 N–H and O–H groups in total. The van der Waals surface area contributed by atoms with Gasteiger partial charge in [-0.25, -0.2) is 0 Å². The molecular formula is C14H23NaO2. The minimum Gasteiger partial charge on any atom is -0.550 e. The third-order valence-electron chi connectivity index (χ3n) is 4.57. The first-order valence-electron chi connectivity index (χ1n) is 6.71. The van der Waals surface area contributed by atoms with E-state index in [-0.39, 0.29) is 35.5 Å². The quantitative estimate of drug-likeness (QED) is 0.443. The fourth-order valence-electron chi connectivity index (χ4n) is 2.90. The van der Waals surface area contributed by atoms with Crippen molar-refractivity contribution in [1.29, 1.82) is 0 Å². The van der Waals surface area contributed by atoms with Gasteiger partial charge in [0, 0.05) is 11.9 Å². The Labute approximate surface area is 127 Å². The van der Waals surface area contributed by atoms with Crippen LogP contribution in [0.4, 0.5) is 0 Å². The Morgan fingerprint density at radius 1 is 1.24 bits per heavy atom. The van der Waals surface area contributed by atoms with Gasteiger partial charge in [-0.15, -0.1) is 0 Å². The second kappa shape index (κ2) is 6.08. The average molecular weight is 246 g/mol. The number of carboxylic acid groups (broad SMARTS) is 1. The van der Waals surface area contributed by atoms with Gasteiger partial charge in [0.05, 0.1) is 0 Å². The van der Waals surface area contributed by atoms with Gasteiger partial charge in [0.15, 0.2) is 0 Å². The molecule has 3 unspecified atom stereocenters. The summed E-state index contributed by atoms with van der Waals surface area (Å²) in [6, 6.07) is 0. The molecule has 3 atom stereocenters. The predicted octanol–water partition coefficient (Wildman–Crippen LogP) is -0.627. The zero-order valence-corrected chi connectivity index (χ0v) is 13.5. The van der Waals surface area contributed by atoms with Crippen LogP contribution in [0.25, 0.3) is 0 Å². The Hall–Kier alpha value is 0.470. The maximum atomic E-state index is 10.5. The summed E-state index contributed by atoms with van der Waals surface area (Å²) in [7, 11) is 0. The summed E-state index contributed by atoms with van der Waals surface area (Å²) in [5.74, 6) is 0.471. The van der Waals surface area contributed by atoms with Crippen molar-refractivity contribution in [3.05, 3.63) is 0 Å². The van der Waals surface area contributed by atoms with E-state index in [1.165, 1.54) is 32.1 Å². The number of carboxylic acids is 1. The standard InChI is InChI=1S/C14H24O2.Na/c1-14(2)9-11(14)7-5-3-4-6-10-8-12(10)13(15)16;/h10-12H,3-9H2,1-2H3,(H,15,16);/q;+1/p-1. The number of hydrogen-bond donors (Lipinski definition) is 0. The molecule has 0 spiro atoms. The number of carbonyl (C=O) groups excluding carboxylic acids is 1. The maximum absolute atomic E-state index is 10.5. The molecule has 0 aromatic heterocycles. The zero-order valence-electron chi connectivity index (χ0n) is 11.5. The molecule has 17 heavy (non-hydrogen) atoms. The Morgan fingerprint density at radius 2 is 1.82 bits per heavy atom. The predicted molar refractivity (Wildman–Crippen MR) is 61.6 cm³/mol. The van der Waals surface area contributed by atoms with E-state index in [4.69, 9.17) is 0 Å². The van der Waals surface area contributed by atoms with Crippen LogP contribution in [0.15, 0.2) is 0 Å². The van der Waals surface area contributed by atoms with Gasteiger partial charge < -0.3 is 9.90 Å². The van der Waals surface area contributed by atoms with Crippen LogP contribution in [0.2, 0.25) is 0 Å². The first kappa shape index (κ1) is 15.5. The van der Waals surface area contributed by atoms with Gasteiger partial charge in [0.25, 0.3) is 0 Å².